The smallest absolute Gasteiger partial charge is 0.341 e. The Kier molecular flexibility index (Phi) is 10.2. The molecule has 1 aromatic heterocycles. The zero-order valence-electron chi connectivity index (χ0n) is 22.8. The summed E-state index contributed by atoms with van der Waals surface area (Å²) in [5, 5.41) is 6.26. The SMILES string of the molecule is CCOC(=O)c1c(NC(=O)C(CC)Sc2cccc(NC(=O)c3ccc(C)cc3)c2)sc2c1CCCCCC2. The van der Waals surface area contributed by atoms with E-state index in [9.17, 15) is 14.4 Å². The van der Waals surface area contributed by atoms with Crippen molar-refractivity contribution in [3.63, 3.8) is 0 Å². The summed E-state index contributed by atoms with van der Waals surface area (Å²) in [6.07, 6.45) is 6.83. The fourth-order valence-corrected chi connectivity index (χ4v) is 6.95. The molecule has 0 bridgehead atoms. The predicted molar refractivity (Wildman–Crippen MR) is 160 cm³/mol. The molecule has 1 atom stereocenters. The van der Waals surface area contributed by atoms with Gasteiger partial charge in [0.2, 0.25) is 5.91 Å². The molecule has 1 aliphatic carbocycles. The van der Waals surface area contributed by atoms with Gasteiger partial charge in [0, 0.05) is 21.0 Å². The number of hydrogen-bond acceptors (Lipinski definition) is 6. The van der Waals surface area contributed by atoms with E-state index in [2.05, 4.69) is 10.6 Å². The van der Waals surface area contributed by atoms with Gasteiger partial charge in [-0.2, -0.15) is 0 Å². The molecule has 6 nitrogen and oxygen atoms in total. The van der Waals surface area contributed by atoms with Crippen molar-refractivity contribution < 1.29 is 19.1 Å². The third-order valence-electron chi connectivity index (χ3n) is 6.73. The van der Waals surface area contributed by atoms with E-state index in [0.717, 1.165) is 48.1 Å². The summed E-state index contributed by atoms with van der Waals surface area (Å²) in [4.78, 5) is 41.1. The van der Waals surface area contributed by atoms with Crippen LogP contribution >= 0.6 is 23.1 Å². The van der Waals surface area contributed by atoms with Crippen LogP contribution in [0.3, 0.4) is 0 Å². The number of aryl methyl sites for hydroxylation is 2. The van der Waals surface area contributed by atoms with Gasteiger partial charge in [0.05, 0.1) is 17.4 Å². The monoisotopic (exact) mass is 564 g/mol. The number of thiophene rings is 1. The second-order valence-electron chi connectivity index (χ2n) is 9.69. The molecule has 1 aliphatic rings. The van der Waals surface area contributed by atoms with Gasteiger partial charge in [-0.1, -0.05) is 43.5 Å². The molecule has 2 aromatic carbocycles. The molecule has 3 aromatic rings. The number of nitrogens with one attached hydrogen (secondary N) is 2. The first-order valence-corrected chi connectivity index (χ1v) is 15.4. The molecule has 206 valence electrons. The molecule has 1 unspecified atom stereocenters. The minimum atomic E-state index is -0.368. The van der Waals surface area contributed by atoms with Gasteiger partial charge in [-0.05, 0) is 81.8 Å². The largest absolute Gasteiger partial charge is 0.462 e. The van der Waals surface area contributed by atoms with Gasteiger partial charge in [-0.3, -0.25) is 9.59 Å². The first-order valence-electron chi connectivity index (χ1n) is 13.7. The highest BCUT2D eigenvalue weighted by Crippen LogP contribution is 2.38. The number of benzene rings is 2. The number of rotatable bonds is 9. The van der Waals surface area contributed by atoms with Crippen LogP contribution in [0.25, 0.3) is 0 Å². The Labute approximate surface area is 238 Å². The van der Waals surface area contributed by atoms with E-state index < -0.39 is 0 Å². The summed E-state index contributed by atoms with van der Waals surface area (Å²) in [7, 11) is 0. The molecular formula is C31H36N2O4S2. The van der Waals surface area contributed by atoms with Crippen LogP contribution in [-0.4, -0.2) is 29.6 Å². The Morgan fingerprint density at radius 1 is 0.974 bits per heavy atom. The van der Waals surface area contributed by atoms with E-state index in [1.165, 1.54) is 34.4 Å². The zero-order chi connectivity index (χ0) is 27.8. The highest BCUT2D eigenvalue weighted by molar-refractivity contribution is 8.00. The molecule has 2 amide bonds. The van der Waals surface area contributed by atoms with Gasteiger partial charge in [0.25, 0.3) is 5.91 Å². The van der Waals surface area contributed by atoms with Gasteiger partial charge in [-0.15, -0.1) is 23.1 Å². The number of thioether (sulfide) groups is 1. The lowest BCUT2D eigenvalue weighted by Crippen LogP contribution is -2.25. The summed E-state index contributed by atoms with van der Waals surface area (Å²) in [5.74, 6) is -0.679. The van der Waals surface area contributed by atoms with E-state index in [1.807, 2.05) is 50.2 Å². The second-order valence-corrected chi connectivity index (χ2v) is 12.1. The first-order chi connectivity index (χ1) is 18.9. The molecule has 0 radical (unpaired) electrons. The van der Waals surface area contributed by atoms with E-state index in [0.29, 0.717) is 34.8 Å². The molecule has 39 heavy (non-hydrogen) atoms. The molecule has 0 saturated heterocycles. The Morgan fingerprint density at radius 2 is 1.72 bits per heavy atom. The topological polar surface area (TPSA) is 84.5 Å². The number of carbonyl (C=O) groups excluding carboxylic acids is 3. The standard InChI is InChI=1S/C31H36N2O4S2/c1-4-25(38-23-12-10-11-22(19-23)32-28(34)21-17-15-20(3)16-18-21)29(35)33-30-27(31(36)37-5-2)24-13-8-6-7-9-14-26(24)39-30/h10-12,15-19,25H,4-9,13-14H2,1-3H3,(H,32,34)(H,33,35). The van der Waals surface area contributed by atoms with Crippen LogP contribution in [0.1, 0.15) is 82.7 Å². The molecule has 1 heterocycles. The predicted octanol–water partition coefficient (Wildman–Crippen LogP) is 7.65. The molecule has 0 fully saturated rings. The summed E-state index contributed by atoms with van der Waals surface area (Å²) in [6, 6.07) is 14.9. The molecule has 4 rings (SSSR count). The minimum Gasteiger partial charge on any atom is -0.462 e. The lowest BCUT2D eigenvalue weighted by atomic mass is 9.96. The number of anilines is 2. The molecule has 0 saturated carbocycles. The summed E-state index contributed by atoms with van der Waals surface area (Å²) >= 11 is 2.97. The van der Waals surface area contributed by atoms with E-state index in [-0.39, 0.29) is 23.0 Å². The van der Waals surface area contributed by atoms with E-state index in [4.69, 9.17) is 4.74 Å². The van der Waals surface area contributed by atoms with E-state index in [1.54, 1.807) is 19.1 Å². The second kappa shape index (κ2) is 13.8. The van der Waals surface area contributed by atoms with Crippen molar-refractivity contribution >= 4 is 51.6 Å². The number of esters is 1. The molecule has 0 spiro atoms. The number of fused-ring (bicyclic) bond motifs is 1. The van der Waals surface area contributed by atoms with Gasteiger partial charge in [-0.25, -0.2) is 4.79 Å². The fraction of sp³-hybridized carbons (Fsp3) is 0.387. The van der Waals surface area contributed by atoms with Crippen LogP contribution < -0.4 is 10.6 Å². The third-order valence-corrected chi connectivity index (χ3v) is 9.30. The zero-order valence-corrected chi connectivity index (χ0v) is 24.4. The number of ether oxygens (including phenoxy) is 1. The van der Waals surface area contributed by atoms with Gasteiger partial charge in [0.15, 0.2) is 0 Å². The average molecular weight is 565 g/mol. The average Bonchev–Trinajstić information content (AvgIpc) is 3.23. The van der Waals surface area contributed by atoms with Gasteiger partial charge in [0.1, 0.15) is 5.00 Å². The van der Waals surface area contributed by atoms with Crippen molar-refractivity contribution in [2.24, 2.45) is 0 Å². The summed E-state index contributed by atoms with van der Waals surface area (Å²) in [6.45, 7) is 6.05. The normalized spacial score (nSPS) is 13.9. The number of hydrogen-bond donors (Lipinski definition) is 2. The third kappa shape index (κ3) is 7.51. The lowest BCUT2D eigenvalue weighted by molar-refractivity contribution is -0.115. The van der Waals surface area contributed by atoms with Crippen LogP contribution in [0.2, 0.25) is 0 Å². The van der Waals surface area contributed by atoms with Crippen LogP contribution in [0, 0.1) is 6.92 Å². The summed E-state index contributed by atoms with van der Waals surface area (Å²) < 4.78 is 5.39. The lowest BCUT2D eigenvalue weighted by Gasteiger charge is -2.16. The fourth-order valence-electron chi connectivity index (χ4n) is 4.66. The quantitative estimate of drug-likeness (QED) is 0.206. The van der Waals surface area contributed by atoms with E-state index >= 15 is 0 Å². The molecule has 8 heteroatoms. The Balaban J connectivity index is 1.49. The Hall–Kier alpha value is -3.10. The highest BCUT2D eigenvalue weighted by atomic mass is 32.2. The maximum absolute atomic E-state index is 13.5. The maximum Gasteiger partial charge on any atom is 0.341 e. The van der Waals surface area contributed by atoms with Crippen molar-refractivity contribution in [2.75, 3.05) is 17.2 Å². The van der Waals surface area contributed by atoms with Crippen LogP contribution in [0.4, 0.5) is 10.7 Å². The molecule has 0 aliphatic heterocycles. The Bertz CT molecular complexity index is 1320. The Morgan fingerprint density at radius 3 is 2.44 bits per heavy atom. The van der Waals surface area contributed by atoms with Gasteiger partial charge >= 0.3 is 5.97 Å². The molecule has 2 N–H and O–H groups in total. The maximum atomic E-state index is 13.5. The number of amides is 2. The van der Waals surface area contributed by atoms with Crippen molar-refractivity contribution in [1.82, 2.24) is 0 Å². The van der Waals surface area contributed by atoms with Crippen molar-refractivity contribution in [3.05, 3.63) is 75.7 Å². The van der Waals surface area contributed by atoms with Crippen molar-refractivity contribution in [2.45, 2.75) is 75.9 Å². The summed E-state index contributed by atoms with van der Waals surface area (Å²) in [5.41, 5.74) is 3.94. The first kappa shape index (κ1) is 28.9. The minimum absolute atomic E-state index is 0.142. The van der Waals surface area contributed by atoms with Crippen LogP contribution in [0.15, 0.2) is 53.4 Å². The van der Waals surface area contributed by atoms with Crippen LogP contribution in [-0.2, 0) is 22.4 Å². The number of carbonyl (C=O) groups is 3. The highest BCUT2D eigenvalue weighted by Gasteiger charge is 2.28. The van der Waals surface area contributed by atoms with Gasteiger partial charge < -0.3 is 15.4 Å². The molecular weight excluding hydrogens is 528 g/mol. The van der Waals surface area contributed by atoms with Crippen LogP contribution in [0.5, 0.6) is 0 Å². The van der Waals surface area contributed by atoms with Crippen molar-refractivity contribution in [3.8, 4) is 0 Å². The van der Waals surface area contributed by atoms with Crippen molar-refractivity contribution in [1.29, 1.82) is 0 Å².